The molecule has 0 fully saturated rings. The van der Waals surface area contributed by atoms with Crippen LogP contribution in [0.15, 0.2) is 18.2 Å². The Hall–Kier alpha value is -1.23. The zero-order valence-corrected chi connectivity index (χ0v) is 7.74. The molecule has 0 saturated heterocycles. The summed E-state index contributed by atoms with van der Waals surface area (Å²) < 4.78 is 23.8. The maximum Gasteiger partial charge on any atom is 0.265 e. The summed E-state index contributed by atoms with van der Waals surface area (Å²) in [6.07, 6.45) is -4.38. The first-order valence-electron chi connectivity index (χ1n) is 4.23. The third-order valence-electron chi connectivity index (χ3n) is 1.67. The zero-order valence-electron chi connectivity index (χ0n) is 7.74. The van der Waals surface area contributed by atoms with E-state index in [2.05, 4.69) is 10.3 Å². The van der Waals surface area contributed by atoms with E-state index in [0.717, 1.165) is 5.69 Å². The van der Waals surface area contributed by atoms with E-state index in [-0.39, 0.29) is 6.54 Å². The molecule has 1 rings (SSSR count). The van der Waals surface area contributed by atoms with Crippen molar-refractivity contribution in [2.45, 2.75) is 19.5 Å². The van der Waals surface area contributed by atoms with Gasteiger partial charge in [-0.15, -0.1) is 0 Å². The third kappa shape index (κ3) is 3.26. The van der Waals surface area contributed by atoms with Gasteiger partial charge >= 0.3 is 0 Å². The first-order chi connectivity index (χ1) is 6.59. The Morgan fingerprint density at radius 1 is 1.50 bits per heavy atom. The number of pyridine rings is 1. The van der Waals surface area contributed by atoms with E-state index < -0.39 is 12.5 Å². The molecule has 14 heavy (non-hydrogen) atoms. The summed E-state index contributed by atoms with van der Waals surface area (Å²) in [4.78, 5) is 4.04. The van der Waals surface area contributed by atoms with Gasteiger partial charge in [0.05, 0.1) is 0 Å². The van der Waals surface area contributed by atoms with Crippen molar-refractivity contribution in [3.63, 3.8) is 0 Å². The van der Waals surface area contributed by atoms with E-state index in [0.29, 0.717) is 5.82 Å². The van der Waals surface area contributed by atoms with Crippen molar-refractivity contribution in [1.29, 1.82) is 0 Å². The van der Waals surface area contributed by atoms with E-state index in [4.69, 9.17) is 5.11 Å². The summed E-state index contributed by atoms with van der Waals surface area (Å²) in [5.41, 5.74) is 0.793. The molecule has 0 aliphatic rings. The normalized spacial score (nSPS) is 12.9. The number of aliphatic hydroxyl groups is 1. The van der Waals surface area contributed by atoms with Crippen molar-refractivity contribution < 1.29 is 13.9 Å². The molecule has 0 saturated carbocycles. The van der Waals surface area contributed by atoms with Gasteiger partial charge in [-0.2, -0.15) is 0 Å². The van der Waals surface area contributed by atoms with Gasteiger partial charge in [0.2, 0.25) is 0 Å². The molecule has 1 aromatic rings. The minimum atomic E-state index is -2.73. The molecule has 0 radical (unpaired) electrons. The predicted octanol–water partition coefficient (Wildman–Crippen LogP) is 1.43. The molecule has 1 aromatic heterocycles. The molecule has 1 unspecified atom stereocenters. The molecule has 0 bridgehead atoms. The van der Waals surface area contributed by atoms with Crippen LogP contribution in [0.3, 0.4) is 0 Å². The quantitative estimate of drug-likeness (QED) is 0.776. The molecule has 1 heterocycles. The van der Waals surface area contributed by atoms with Gasteiger partial charge < -0.3 is 10.4 Å². The summed E-state index contributed by atoms with van der Waals surface area (Å²) in [6, 6.07) is 5.22. The van der Waals surface area contributed by atoms with Crippen LogP contribution >= 0.6 is 0 Å². The molecule has 78 valence electrons. The fourth-order valence-electron chi connectivity index (χ4n) is 0.940. The van der Waals surface area contributed by atoms with Gasteiger partial charge in [-0.05, 0) is 19.1 Å². The van der Waals surface area contributed by atoms with E-state index in [9.17, 15) is 8.78 Å². The maximum atomic E-state index is 11.9. The number of alkyl halides is 2. The summed E-state index contributed by atoms with van der Waals surface area (Å²) in [5.74, 6) is 0.490. The van der Waals surface area contributed by atoms with Crippen LogP contribution in [0, 0.1) is 6.92 Å². The highest BCUT2D eigenvalue weighted by atomic mass is 19.3. The van der Waals surface area contributed by atoms with Gasteiger partial charge in [-0.1, -0.05) is 6.07 Å². The lowest BCUT2D eigenvalue weighted by Crippen LogP contribution is -2.27. The zero-order chi connectivity index (χ0) is 10.6. The standard InChI is InChI=1S/C9H12F2N2O/c1-6-3-2-4-8(13-6)12-5-7(14)9(10)11/h2-4,7,9,14H,5H2,1H3,(H,12,13). The average molecular weight is 202 g/mol. The fraction of sp³-hybridized carbons (Fsp3) is 0.444. The van der Waals surface area contributed by atoms with E-state index in [1.807, 2.05) is 0 Å². The number of aromatic nitrogens is 1. The second kappa shape index (κ2) is 4.85. The van der Waals surface area contributed by atoms with Crippen LogP contribution in [0.1, 0.15) is 5.69 Å². The number of halogens is 2. The second-order valence-corrected chi connectivity index (χ2v) is 2.95. The summed E-state index contributed by atoms with van der Waals surface area (Å²) in [6.45, 7) is 1.60. The van der Waals surface area contributed by atoms with Crippen LogP contribution in [-0.2, 0) is 0 Å². The number of aryl methyl sites for hydroxylation is 1. The third-order valence-corrected chi connectivity index (χ3v) is 1.67. The topological polar surface area (TPSA) is 45.1 Å². The Morgan fingerprint density at radius 2 is 2.21 bits per heavy atom. The number of rotatable bonds is 4. The molecule has 0 aliphatic heterocycles. The first kappa shape index (κ1) is 10.8. The van der Waals surface area contributed by atoms with Gasteiger partial charge in [0, 0.05) is 12.2 Å². The van der Waals surface area contributed by atoms with Crippen LogP contribution in [0.2, 0.25) is 0 Å². The van der Waals surface area contributed by atoms with Crippen molar-refractivity contribution in [3.05, 3.63) is 23.9 Å². The van der Waals surface area contributed by atoms with E-state index in [1.165, 1.54) is 0 Å². The molecule has 5 heteroatoms. The highest BCUT2D eigenvalue weighted by Gasteiger charge is 2.15. The largest absolute Gasteiger partial charge is 0.385 e. The summed E-state index contributed by atoms with van der Waals surface area (Å²) >= 11 is 0. The molecule has 2 N–H and O–H groups in total. The van der Waals surface area contributed by atoms with Gasteiger partial charge in [0.15, 0.2) is 0 Å². The molecular weight excluding hydrogens is 190 g/mol. The van der Waals surface area contributed by atoms with Gasteiger partial charge in [-0.25, -0.2) is 13.8 Å². The summed E-state index contributed by atoms with van der Waals surface area (Å²) in [5, 5.41) is 11.4. The monoisotopic (exact) mass is 202 g/mol. The Bertz CT molecular complexity index is 294. The second-order valence-electron chi connectivity index (χ2n) is 2.95. The SMILES string of the molecule is Cc1cccc(NCC(O)C(F)F)n1. The van der Waals surface area contributed by atoms with Crippen molar-refractivity contribution in [1.82, 2.24) is 4.98 Å². The first-order valence-corrected chi connectivity index (χ1v) is 4.23. The summed E-state index contributed by atoms with van der Waals surface area (Å²) in [7, 11) is 0. The lowest BCUT2D eigenvalue weighted by molar-refractivity contribution is 0.00381. The van der Waals surface area contributed by atoms with E-state index >= 15 is 0 Å². The molecule has 3 nitrogen and oxygen atoms in total. The lowest BCUT2D eigenvalue weighted by Gasteiger charge is -2.11. The average Bonchev–Trinajstić information content (AvgIpc) is 2.14. The van der Waals surface area contributed by atoms with Crippen molar-refractivity contribution in [2.75, 3.05) is 11.9 Å². The Kier molecular flexibility index (Phi) is 3.76. The van der Waals surface area contributed by atoms with Gasteiger partial charge in [-0.3, -0.25) is 0 Å². The molecule has 0 spiro atoms. The molecule has 0 aromatic carbocycles. The van der Waals surface area contributed by atoms with Crippen molar-refractivity contribution >= 4 is 5.82 Å². The number of hydrogen-bond acceptors (Lipinski definition) is 3. The van der Waals surface area contributed by atoms with Crippen molar-refractivity contribution in [3.8, 4) is 0 Å². The fourth-order valence-corrected chi connectivity index (χ4v) is 0.940. The maximum absolute atomic E-state index is 11.9. The molecule has 1 atom stereocenters. The Balaban J connectivity index is 2.45. The highest BCUT2D eigenvalue weighted by Crippen LogP contribution is 2.06. The Labute approximate surface area is 80.8 Å². The molecule has 0 aliphatic carbocycles. The van der Waals surface area contributed by atoms with Crippen LogP contribution < -0.4 is 5.32 Å². The Morgan fingerprint density at radius 3 is 2.79 bits per heavy atom. The molecular formula is C9H12F2N2O. The predicted molar refractivity (Wildman–Crippen MR) is 49.5 cm³/mol. The van der Waals surface area contributed by atoms with Crippen LogP contribution in [0.4, 0.5) is 14.6 Å². The highest BCUT2D eigenvalue weighted by molar-refractivity contribution is 5.35. The number of aliphatic hydroxyl groups excluding tert-OH is 1. The smallest absolute Gasteiger partial charge is 0.265 e. The number of nitrogens with zero attached hydrogens (tertiary/aromatic N) is 1. The van der Waals surface area contributed by atoms with Gasteiger partial charge in [0.25, 0.3) is 6.43 Å². The lowest BCUT2D eigenvalue weighted by atomic mass is 10.3. The number of anilines is 1. The van der Waals surface area contributed by atoms with Crippen LogP contribution in [-0.4, -0.2) is 29.2 Å². The van der Waals surface area contributed by atoms with Crippen molar-refractivity contribution in [2.24, 2.45) is 0 Å². The molecule has 0 amide bonds. The van der Waals surface area contributed by atoms with Gasteiger partial charge in [0.1, 0.15) is 11.9 Å². The minimum Gasteiger partial charge on any atom is -0.385 e. The van der Waals surface area contributed by atoms with E-state index in [1.54, 1.807) is 25.1 Å². The number of hydrogen-bond donors (Lipinski definition) is 2. The number of nitrogens with one attached hydrogen (secondary N) is 1. The van der Waals surface area contributed by atoms with Crippen LogP contribution in [0.5, 0.6) is 0 Å². The van der Waals surface area contributed by atoms with Crippen LogP contribution in [0.25, 0.3) is 0 Å². The minimum absolute atomic E-state index is 0.200.